The molecule has 1 atom stereocenters. The summed E-state index contributed by atoms with van der Waals surface area (Å²) in [6.07, 6.45) is -4.15. The Kier molecular flexibility index (Phi) is 3.08. The van der Waals surface area contributed by atoms with Crippen molar-refractivity contribution in [2.45, 2.75) is 18.2 Å². The second kappa shape index (κ2) is 4.29. The van der Waals surface area contributed by atoms with Gasteiger partial charge in [0.05, 0.1) is 0 Å². The maximum absolute atomic E-state index is 13.1. The number of fused-ring (bicyclic) bond motifs is 1. The zero-order chi connectivity index (χ0) is 13.4. The molecular formula is C12H13F3N2O. The second-order valence-corrected chi connectivity index (χ2v) is 4.14. The van der Waals surface area contributed by atoms with Crippen molar-refractivity contribution in [3.63, 3.8) is 0 Å². The predicted octanol–water partition coefficient (Wildman–Crippen LogP) is 2.27. The minimum absolute atomic E-state index is 0.184. The van der Waals surface area contributed by atoms with E-state index in [0.717, 1.165) is 0 Å². The van der Waals surface area contributed by atoms with Gasteiger partial charge >= 0.3 is 6.18 Å². The zero-order valence-corrected chi connectivity index (χ0v) is 9.46. The molecule has 98 valence electrons. The molecule has 0 aliphatic carbocycles. The van der Waals surface area contributed by atoms with Gasteiger partial charge in [-0.2, -0.15) is 13.2 Å². The number of aliphatic hydroxyl groups is 1. The number of alkyl halides is 3. The van der Waals surface area contributed by atoms with Crippen molar-refractivity contribution in [1.82, 2.24) is 4.98 Å². The average molecular weight is 258 g/mol. The Balaban J connectivity index is 2.62. The normalized spacial score (nSPS) is 15.8. The van der Waals surface area contributed by atoms with Gasteiger partial charge in [-0.05, 0) is 12.6 Å². The fraction of sp³-hybridized carbons (Fsp3) is 0.333. The highest BCUT2D eigenvalue weighted by Crippen LogP contribution is 2.43. The van der Waals surface area contributed by atoms with Crippen molar-refractivity contribution in [3.05, 3.63) is 36.0 Å². The van der Waals surface area contributed by atoms with Gasteiger partial charge in [-0.25, -0.2) is 0 Å². The third-order valence-electron chi connectivity index (χ3n) is 3.01. The first-order valence-corrected chi connectivity index (χ1v) is 5.46. The Hall–Kier alpha value is -1.53. The van der Waals surface area contributed by atoms with Crippen LogP contribution in [0, 0.1) is 0 Å². The number of benzene rings is 1. The van der Waals surface area contributed by atoms with Crippen LogP contribution in [0.3, 0.4) is 0 Å². The molecule has 0 aliphatic rings. The van der Waals surface area contributed by atoms with Crippen LogP contribution in [0.15, 0.2) is 30.5 Å². The van der Waals surface area contributed by atoms with Crippen LogP contribution < -0.4 is 5.73 Å². The Morgan fingerprint density at radius 1 is 1.22 bits per heavy atom. The molecule has 0 bridgehead atoms. The molecule has 0 aliphatic heterocycles. The molecule has 3 nitrogen and oxygen atoms in total. The maximum Gasteiger partial charge on any atom is 0.421 e. The third-order valence-corrected chi connectivity index (χ3v) is 3.01. The monoisotopic (exact) mass is 258 g/mol. The SMILES string of the molecule is NCCC(O)(c1c[nH]c2ccccc12)C(F)(F)F. The largest absolute Gasteiger partial charge is 0.421 e. The topological polar surface area (TPSA) is 62.0 Å². The van der Waals surface area contributed by atoms with E-state index in [1.165, 1.54) is 12.3 Å². The molecule has 1 heterocycles. The molecule has 0 saturated heterocycles. The Labute approximate surface area is 101 Å². The smallest absolute Gasteiger partial charge is 0.376 e. The fourth-order valence-corrected chi connectivity index (χ4v) is 2.05. The first-order valence-electron chi connectivity index (χ1n) is 5.46. The van der Waals surface area contributed by atoms with Gasteiger partial charge in [-0.3, -0.25) is 0 Å². The molecular weight excluding hydrogens is 245 g/mol. The number of rotatable bonds is 3. The van der Waals surface area contributed by atoms with Gasteiger partial charge in [0, 0.05) is 29.1 Å². The number of para-hydroxylation sites is 1. The van der Waals surface area contributed by atoms with E-state index in [2.05, 4.69) is 4.98 Å². The Bertz CT molecular complexity index is 549. The number of nitrogens with two attached hydrogens (primary N) is 1. The van der Waals surface area contributed by atoms with E-state index in [4.69, 9.17) is 5.73 Å². The summed E-state index contributed by atoms with van der Waals surface area (Å²) in [4.78, 5) is 2.72. The lowest BCUT2D eigenvalue weighted by Gasteiger charge is -2.30. The van der Waals surface area contributed by atoms with Crippen molar-refractivity contribution in [2.24, 2.45) is 5.73 Å². The summed E-state index contributed by atoms with van der Waals surface area (Å²) < 4.78 is 39.2. The lowest BCUT2D eigenvalue weighted by atomic mass is 9.89. The van der Waals surface area contributed by atoms with Crippen LogP contribution in [0.5, 0.6) is 0 Å². The van der Waals surface area contributed by atoms with E-state index in [1.54, 1.807) is 18.2 Å². The van der Waals surface area contributed by atoms with Gasteiger partial charge in [-0.1, -0.05) is 18.2 Å². The van der Waals surface area contributed by atoms with E-state index >= 15 is 0 Å². The van der Waals surface area contributed by atoms with Crippen molar-refractivity contribution in [1.29, 1.82) is 0 Å². The maximum atomic E-state index is 13.1. The molecule has 6 heteroatoms. The van der Waals surface area contributed by atoms with Gasteiger partial charge in [0.2, 0.25) is 0 Å². The molecule has 1 aromatic heterocycles. The predicted molar refractivity (Wildman–Crippen MR) is 61.9 cm³/mol. The van der Waals surface area contributed by atoms with E-state index in [1.807, 2.05) is 0 Å². The molecule has 2 rings (SSSR count). The number of aromatic nitrogens is 1. The molecule has 0 saturated carbocycles. The summed E-state index contributed by atoms with van der Waals surface area (Å²) in [5.74, 6) is 0. The zero-order valence-electron chi connectivity index (χ0n) is 9.46. The number of H-pyrrole nitrogens is 1. The summed E-state index contributed by atoms with van der Waals surface area (Å²) >= 11 is 0. The van der Waals surface area contributed by atoms with Gasteiger partial charge in [0.15, 0.2) is 5.60 Å². The summed E-state index contributed by atoms with van der Waals surface area (Å²) in [6, 6.07) is 6.52. The van der Waals surface area contributed by atoms with Crippen LogP contribution in [0.25, 0.3) is 10.9 Å². The quantitative estimate of drug-likeness (QED) is 0.790. The molecule has 0 radical (unpaired) electrons. The number of aromatic amines is 1. The molecule has 1 unspecified atom stereocenters. The third kappa shape index (κ3) is 1.87. The lowest BCUT2D eigenvalue weighted by molar-refractivity contribution is -0.267. The van der Waals surface area contributed by atoms with Gasteiger partial charge in [0.25, 0.3) is 0 Å². The molecule has 0 spiro atoms. The Morgan fingerprint density at radius 3 is 2.50 bits per heavy atom. The van der Waals surface area contributed by atoms with Crippen molar-refractivity contribution >= 4 is 10.9 Å². The van der Waals surface area contributed by atoms with Crippen LogP contribution in [0.4, 0.5) is 13.2 Å². The van der Waals surface area contributed by atoms with Crippen LogP contribution in [-0.2, 0) is 5.60 Å². The van der Waals surface area contributed by atoms with E-state index in [9.17, 15) is 18.3 Å². The molecule has 0 amide bonds. The molecule has 2 aromatic rings. The van der Waals surface area contributed by atoms with E-state index in [-0.39, 0.29) is 12.1 Å². The minimum Gasteiger partial charge on any atom is -0.376 e. The van der Waals surface area contributed by atoms with Gasteiger partial charge in [-0.15, -0.1) is 0 Å². The highest BCUT2D eigenvalue weighted by molar-refractivity contribution is 5.84. The number of nitrogens with one attached hydrogen (secondary N) is 1. The van der Waals surface area contributed by atoms with Crippen LogP contribution in [-0.4, -0.2) is 22.8 Å². The standard InChI is InChI=1S/C12H13F3N2O/c13-12(14,15)11(18,5-6-16)9-7-17-10-4-2-1-3-8(9)10/h1-4,7,17-18H,5-6,16H2. The first-order chi connectivity index (χ1) is 8.40. The van der Waals surface area contributed by atoms with Crippen LogP contribution in [0.2, 0.25) is 0 Å². The van der Waals surface area contributed by atoms with Crippen LogP contribution >= 0.6 is 0 Å². The summed E-state index contributed by atoms with van der Waals surface area (Å²) in [6.45, 7) is -0.254. The highest BCUT2D eigenvalue weighted by Gasteiger charge is 2.55. The molecule has 0 fully saturated rings. The Morgan fingerprint density at radius 2 is 1.89 bits per heavy atom. The van der Waals surface area contributed by atoms with Crippen molar-refractivity contribution < 1.29 is 18.3 Å². The van der Waals surface area contributed by atoms with Crippen molar-refractivity contribution in [3.8, 4) is 0 Å². The second-order valence-electron chi connectivity index (χ2n) is 4.14. The minimum atomic E-state index is -4.77. The molecule has 4 N–H and O–H groups in total. The summed E-state index contributed by atoms with van der Waals surface area (Å²) in [5, 5.41) is 10.3. The average Bonchev–Trinajstić information content (AvgIpc) is 2.71. The number of halogens is 3. The van der Waals surface area contributed by atoms with Gasteiger partial charge in [0.1, 0.15) is 0 Å². The number of hydrogen-bond donors (Lipinski definition) is 3. The lowest BCUT2D eigenvalue weighted by Crippen LogP contribution is -2.43. The number of hydrogen-bond acceptors (Lipinski definition) is 2. The summed E-state index contributed by atoms with van der Waals surface area (Å²) in [5.41, 5.74) is 2.64. The summed E-state index contributed by atoms with van der Waals surface area (Å²) in [7, 11) is 0. The van der Waals surface area contributed by atoms with Gasteiger partial charge < -0.3 is 15.8 Å². The van der Waals surface area contributed by atoms with Crippen molar-refractivity contribution in [2.75, 3.05) is 6.54 Å². The highest BCUT2D eigenvalue weighted by atomic mass is 19.4. The molecule has 18 heavy (non-hydrogen) atoms. The first kappa shape index (κ1) is 12.9. The molecule has 1 aromatic carbocycles. The van der Waals surface area contributed by atoms with E-state index < -0.39 is 18.2 Å². The van der Waals surface area contributed by atoms with Crippen LogP contribution in [0.1, 0.15) is 12.0 Å². The fourth-order valence-electron chi connectivity index (χ4n) is 2.05. The van der Waals surface area contributed by atoms with E-state index in [0.29, 0.717) is 10.9 Å².